The highest BCUT2D eigenvalue weighted by atomic mass is 35.5. The quantitative estimate of drug-likeness (QED) is 0.538. The van der Waals surface area contributed by atoms with Crippen LogP contribution in [0, 0.1) is 0 Å². The fourth-order valence-electron chi connectivity index (χ4n) is 2.48. The number of carbonyl (C=O) groups excluding carboxylic acids is 1. The second-order valence-electron chi connectivity index (χ2n) is 6.02. The maximum absolute atomic E-state index is 10.8. The molecule has 2 aromatic rings. The smallest absolute Gasteiger partial charge is 0.255 e. The monoisotopic (exact) mass is 388 g/mol. The van der Waals surface area contributed by atoms with E-state index in [1.807, 2.05) is 61.3 Å². The number of ether oxygens (including phenoxy) is 1. The number of rotatable bonds is 8. The fraction of sp³-hybridized carbons (Fsp3) is 0.300. The minimum Gasteiger partial charge on any atom is -0.484 e. The molecule has 0 aromatic heterocycles. The van der Waals surface area contributed by atoms with Crippen molar-refractivity contribution in [3.8, 4) is 5.75 Å². The molecule has 3 N–H and O–H groups in total. The van der Waals surface area contributed by atoms with Gasteiger partial charge in [-0.25, -0.2) is 4.99 Å². The van der Waals surface area contributed by atoms with Crippen LogP contribution in [0.4, 0.5) is 0 Å². The first kappa shape index (κ1) is 20.6. The third-order valence-corrected chi connectivity index (χ3v) is 4.12. The van der Waals surface area contributed by atoms with Crippen LogP contribution in [0.1, 0.15) is 18.1 Å². The lowest BCUT2D eigenvalue weighted by Crippen LogP contribution is -2.38. The van der Waals surface area contributed by atoms with Gasteiger partial charge in [-0.05, 0) is 36.2 Å². The van der Waals surface area contributed by atoms with Gasteiger partial charge in [0.05, 0.1) is 6.54 Å². The first-order chi connectivity index (χ1) is 13.0. The van der Waals surface area contributed by atoms with Gasteiger partial charge in [-0.2, -0.15) is 0 Å². The molecule has 0 aliphatic carbocycles. The highest BCUT2D eigenvalue weighted by molar-refractivity contribution is 6.31. The van der Waals surface area contributed by atoms with Crippen molar-refractivity contribution in [2.45, 2.75) is 20.0 Å². The fourth-order valence-corrected chi connectivity index (χ4v) is 2.68. The molecular weight excluding hydrogens is 364 g/mol. The Balaban J connectivity index is 2.07. The summed E-state index contributed by atoms with van der Waals surface area (Å²) in [7, 11) is 1.97. The Morgan fingerprint density at radius 1 is 1.26 bits per heavy atom. The van der Waals surface area contributed by atoms with Crippen molar-refractivity contribution in [3.63, 3.8) is 0 Å². The van der Waals surface area contributed by atoms with Gasteiger partial charge in [0, 0.05) is 25.2 Å². The van der Waals surface area contributed by atoms with E-state index >= 15 is 0 Å². The number of primary amides is 1. The lowest BCUT2D eigenvalue weighted by atomic mass is 10.2. The molecule has 0 atom stereocenters. The molecule has 0 bridgehead atoms. The summed E-state index contributed by atoms with van der Waals surface area (Å²) in [4.78, 5) is 17.6. The van der Waals surface area contributed by atoms with Crippen LogP contribution in [-0.4, -0.2) is 37.0 Å². The van der Waals surface area contributed by atoms with Crippen molar-refractivity contribution < 1.29 is 9.53 Å². The molecule has 0 radical (unpaired) electrons. The third kappa shape index (κ3) is 6.83. The Labute approximate surface area is 165 Å². The average molecular weight is 389 g/mol. The predicted molar refractivity (Wildman–Crippen MR) is 109 cm³/mol. The molecule has 1 amide bonds. The molecule has 0 aliphatic heterocycles. The zero-order valence-electron chi connectivity index (χ0n) is 15.6. The number of nitrogens with one attached hydrogen (secondary N) is 1. The van der Waals surface area contributed by atoms with Gasteiger partial charge in [-0.3, -0.25) is 4.79 Å². The third-order valence-electron chi connectivity index (χ3n) is 3.75. The molecule has 144 valence electrons. The molecule has 6 nitrogen and oxygen atoms in total. The first-order valence-electron chi connectivity index (χ1n) is 8.72. The summed E-state index contributed by atoms with van der Waals surface area (Å²) in [6.07, 6.45) is 0. The lowest BCUT2D eigenvalue weighted by molar-refractivity contribution is -0.119. The number of aliphatic imine (C=N–C) groups is 1. The molecule has 0 unspecified atom stereocenters. The largest absolute Gasteiger partial charge is 0.484 e. The number of hydrogen-bond donors (Lipinski definition) is 2. The molecule has 0 saturated carbocycles. The summed E-state index contributed by atoms with van der Waals surface area (Å²) >= 11 is 6.26. The van der Waals surface area contributed by atoms with Crippen LogP contribution in [0.5, 0.6) is 5.75 Å². The molecule has 2 aromatic carbocycles. The number of halogens is 1. The van der Waals surface area contributed by atoms with Crippen LogP contribution in [0.15, 0.2) is 53.5 Å². The van der Waals surface area contributed by atoms with Crippen molar-refractivity contribution >= 4 is 23.5 Å². The first-order valence-corrected chi connectivity index (χ1v) is 9.10. The van der Waals surface area contributed by atoms with Crippen molar-refractivity contribution in [2.75, 3.05) is 20.2 Å². The Kier molecular flexibility index (Phi) is 7.95. The standard InChI is InChI=1S/C20H25ClN4O2/c1-3-23-20(25(2)13-16-8-4-5-10-18(16)21)24-12-15-7-6-9-17(11-15)27-14-19(22)26/h4-11H,3,12-14H2,1-2H3,(H2,22,26)(H,23,24). The highest BCUT2D eigenvalue weighted by Crippen LogP contribution is 2.17. The van der Waals surface area contributed by atoms with Crippen LogP contribution in [0.2, 0.25) is 5.02 Å². The van der Waals surface area contributed by atoms with E-state index in [0.717, 1.165) is 28.7 Å². The molecule has 0 heterocycles. The van der Waals surface area contributed by atoms with Gasteiger partial charge in [0.25, 0.3) is 5.91 Å². The summed E-state index contributed by atoms with van der Waals surface area (Å²) < 4.78 is 5.34. The van der Waals surface area contributed by atoms with Gasteiger partial charge >= 0.3 is 0 Å². The van der Waals surface area contributed by atoms with E-state index < -0.39 is 5.91 Å². The van der Waals surface area contributed by atoms with Crippen LogP contribution in [0.3, 0.4) is 0 Å². The Bertz CT molecular complexity index is 795. The average Bonchev–Trinajstić information content (AvgIpc) is 2.65. The Morgan fingerprint density at radius 3 is 2.74 bits per heavy atom. The van der Waals surface area contributed by atoms with E-state index in [1.54, 1.807) is 6.07 Å². The van der Waals surface area contributed by atoms with Gasteiger partial charge in [0.1, 0.15) is 5.75 Å². The molecule has 0 fully saturated rings. The van der Waals surface area contributed by atoms with Crippen LogP contribution < -0.4 is 15.8 Å². The van der Waals surface area contributed by atoms with E-state index in [1.165, 1.54) is 0 Å². The lowest BCUT2D eigenvalue weighted by Gasteiger charge is -2.22. The maximum atomic E-state index is 10.8. The minimum absolute atomic E-state index is 0.143. The normalized spacial score (nSPS) is 11.1. The summed E-state index contributed by atoms with van der Waals surface area (Å²) in [6, 6.07) is 15.2. The summed E-state index contributed by atoms with van der Waals surface area (Å²) in [5.41, 5.74) is 7.12. The Morgan fingerprint density at radius 2 is 2.04 bits per heavy atom. The highest BCUT2D eigenvalue weighted by Gasteiger charge is 2.09. The molecular formula is C20H25ClN4O2. The van der Waals surface area contributed by atoms with Crippen LogP contribution in [-0.2, 0) is 17.9 Å². The van der Waals surface area contributed by atoms with E-state index in [-0.39, 0.29) is 6.61 Å². The molecule has 27 heavy (non-hydrogen) atoms. The summed E-state index contributed by atoms with van der Waals surface area (Å²) in [6.45, 7) is 3.76. The number of nitrogens with zero attached hydrogens (tertiary/aromatic N) is 2. The minimum atomic E-state index is -0.506. The number of hydrogen-bond acceptors (Lipinski definition) is 3. The van der Waals surface area contributed by atoms with Gasteiger partial charge in [-0.1, -0.05) is 41.9 Å². The van der Waals surface area contributed by atoms with E-state index in [4.69, 9.17) is 22.1 Å². The van der Waals surface area contributed by atoms with Crippen molar-refractivity contribution in [1.29, 1.82) is 0 Å². The molecule has 0 saturated heterocycles. The van der Waals surface area contributed by atoms with Crippen LogP contribution in [0.25, 0.3) is 0 Å². The molecule has 7 heteroatoms. The molecule has 0 aliphatic rings. The maximum Gasteiger partial charge on any atom is 0.255 e. The molecule has 2 rings (SSSR count). The summed E-state index contributed by atoms with van der Waals surface area (Å²) in [5, 5.41) is 4.02. The number of benzene rings is 2. The number of guanidine groups is 1. The predicted octanol–water partition coefficient (Wildman–Crippen LogP) is 2.80. The zero-order chi connectivity index (χ0) is 19.6. The van der Waals surface area contributed by atoms with E-state index in [0.29, 0.717) is 18.8 Å². The number of amides is 1. The van der Waals surface area contributed by atoms with Gasteiger partial charge in [0.15, 0.2) is 12.6 Å². The van der Waals surface area contributed by atoms with E-state index in [2.05, 4.69) is 10.3 Å². The van der Waals surface area contributed by atoms with Crippen molar-refractivity contribution in [1.82, 2.24) is 10.2 Å². The Hall–Kier alpha value is -2.73. The second kappa shape index (κ2) is 10.4. The van der Waals surface area contributed by atoms with Crippen molar-refractivity contribution in [2.24, 2.45) is 10.7 Å². The van der Waals surface area contributed by atoms with Crippen LogP contribution >= 0.6 is 11.6 Å². The second-order valence-corrected chi connectivity index (χ2v) is 6.43. The topological polar surface area (TPSA) is 80.0 Å². The van der Waals surface area contributed by atoms with E-state index in [9.17, 15) is 4.79 Å². The number of carbonyl (C=O) groups is 1. The number of nitrogens with two attached hydrogens (primary N) is 1. The van der Waals surface area contributed by atoms with Crippen molar-refractivity contribution in [3.05, 3.63) is 64.7 Å². The van der Waals surface area contributed by atoms with Gasteiger partial charge in [-0.15, -0.1) is 0 Å². The van der Waals surface area contributed by atoms with Gasteiger partial charge < -0.3 is 20.7 Å². The SMILES string of the molecule is CCNC(=NCc1cccc(OCC(N)=O)c1)N(C)Cc1ccccc1Cl. The van der Waals surface area contributed by atoms with Gasteiger partial charge in [0.2, 0.25) is 0 Å². The zero-order valence-corrected chi connectivity index (χ0v) is 16.4. The summed E-state index contributed by atoms with van der Waals surface area (Å²) in [5.74, 6) is 0.867. The molecule has 0 spiro atoms.